The Kier molecular flexibility index (Phi) is 9.13. The number of aromatic nitrogens is 1. The largest absolute Gasteiger partial charge is 0.322 e. The summed E-state index contributed by atoms with van der Waals surface area (Å²) in [6.07, 6.45) is 7.05. The van der Waals surface area contributed by atoms with E-state index in [-0.39, 0.29) is 4.75 Å². The molecule has 32 heavy (non-hydrogen) atoms. The fraction of sp³-hybridized carbons (Fsp3) is 0.417. The molecule has 1 aromatic carbocycles. The van der Waals surface area contributed by atoms with Crippen molar-refractivity contribution in [1.82, 2.24) is 4.57 Å². The van der Waals surface area contributed by atoms with Gasteiger partial charge in [0.05, 0.1) is 16.9 Å². The van der Waals surface area contributed by atoms with Gasteiger partial charge in [-0.05, 0) is 48.6 Å². The molecule has 0 fully saturated rings. The Hall–Kier alpha value is 0.430. The van der Waals surface area contributed by atoms with Gasteiger partial charge in [-0.2, -0.15) is 0 Å². The van der Waals surface area contributed by atoms with Crippen LogP contribution in [0.25, 0.3) is 5.69 Å². The van der Waals surface area contributed by atoms with Crippen molar-refractivity contribution in [3.63, 3.8) is 0 Å². The van der Waals surface area contributed by atoms with Gasteiger partial charge in [0.2, 0.25) is 0 Å². The first-order valence-corrected chi connectivity index (χ1v) is 16.9. The number of fused-ring (bicyclic) bond motifs is 1. The van der Waals surface area contributed by atoms with Gasteiger partial charge in [0.15, 0.2) is 0 Å². The third-order valence-corrected chi connectivity index (χ3v) is 14.4. The molecule has 0 amide bonds. The number of hydrogen-bond acceptors (Lipinski definition) is 7. The van der Waals surface area contributed by atoms with E-state index in [1.165, 1.54) is 61.7 Å². The smallest absolute Gasteiger partial charge is 0.0717 e. The number of benzene rings is 1. The Morgan fingerprint density at radius 3 is 1.72 bits per heavy atom. The van der Waals surface area contributed by atoms with Crippen molar-refractivity contribution in [2.24, 2.45) is 0 Å². The molecule has 0 saturated heterocycles. The second-order valence-corrected chi connectivity index (χ2v) is 17.6. The molecule has 172 valence electrons. The second kappa shape index (κ2) is 11.4. The summed E-state index contributed by atoms with van der Waals surface area (Å²) in [6, 6.07) is 8.96. The van der Waals surface area contributed by atoms with Crippen LogP contribution in [-0.2, 0) is 0 Å². The fourth-order valence-electron chi connectivity index (χ4n) is 2.99. The Balaban J connectivity index is 1.44. The molecule has 0 saturated carbocycles. The maximum atomic E-state index is 2.30. The van der Waals surface area contributed by atoms with E-state index >= 15 is 0 Å². The lowest BCUT2D eigenvalue weighted by Crippen LogP contribution is -2.06. The standard InChI is InChI=1S/C24H29NS7/c1-6-12-26-20-21(27-13-7-2)31-23(30-20)22-28-18-14-25(15-19(18)29-22)16-8-10-17(11-9-16)32-24(3,4)5/h8-11,14-15H,6-7,12-13H2,1-5H3. The van der Waals surface area contributed by atoms with Crippen molar-refractivity contribution in [1.29, 1.82) is 0 Å². The van der Waals surface area contributed by atoms with Gasteiger partial charge in [-0.25, -0.2) is 0 Å². The van der Waals surface area contributed by atoms with E-state index in [2.05, 4.69) is 75.8 Å². The number of rotatable bonds is 8. The van der Waals surface area contributed by atoms with E-state index in [4.69, 9.17) is 0 Å². The molecule has 2 aromatic rings. The molecule has 2 aliphatic heterocycles. The van der Waals surface area contributed by atoms with Gasteiger partial charge in [-0.15, -0.1) is 35.3 Å². The monoisotopic (exact) mass is 555 g/mol. The molecule has 0 aliphatic carbocycles. The summed E-state index contributed by atoms with van der Waals surface area (Å²) < 4.78 is 8.49. The van der Waals surface area contributed by atoms with Gasteiger partial charge in [0.25, 0.3) is 0 Å². The van der Waals surface area contributed by atoms with Crippen LogP contribution in [0.15, 0.2) is 68.3 Å². The average molecular weight is 556 g/mol. The number of hydrogen-bond donors (Lipinski definition) is 0. The average Bonchev–Trinajstić information content (AvgIpc) is 3.43. The van der Waals surface area contributed by atoms with Gasteiger partial charge in [-0.3, -0.25) is 0 Å². The summed E-state index contributed by atoms with van der Waals surface area (Å²) in [6.45, 7) is 11.3. The van der Waals surface area contributed by atoms with E-state index in [0.29, 0.717) is 0 Å². The van der Waals surface area contributed by atoms with Gasteiger partial charge in [0, 0.05) is 37.5 Å². The van der Waals surface area contributed by atoms with E-state index in [1.807, 2.05) is 82.3 Å². The summed E-state index contributed by atoms with van der Waals surface area (Å²) in [5.41, 5.74) is 1.23. The summed E-state index contributed by atoms with van der Waals surface area (Å²) in [4.78, 5) is 4.08. The minimum atomic E-state index is 0.238. The Morgan fingerprint density at radius 1 is 0.750 bits per heavy atom. The molecule has 2 aliphatic rings. The lowest BCUT2D eigenvalue weighted by atomic mass is 10.3. The molecule has 1 aromatic heterocycles. The van der Waals surface area contributed by atoms with Crippen molar-refractivity contribution in [2.45, 2.75) is 66.9 Å². The zero-order valence-electron chi connectivity index (χ0n) is 19.1. The Morgan fingerprint density at radius 2 is 1.25 bits per heavy atom. The minimum absolute atomic E-state index is 0.238. The lowest BCUT2D eigenvalue weighted by Gasteiger charge is -2.17. The van der Waals surface area contributed by atoms with Gasteiger partial charge in [-0.1, -0.05) is 81.7 Å². The van der Waals surface area contributed by atoms with Gasteiger partial charge >= 0.3 is 0 Å². The first-order chi connectivity index (χ1) is 15.4. The molecule has 4 rings (SSSR count). The first kappa shape index (κ1) is 25.5. The highest BCUT2D eigenvalue weighted by Crippen LogP contribution is 2.64. The first-order valence-electron chi connectivity index (χ1n) is 10.8. The Labute approximate surface area is 222 Å². The van der Waals surface area contributed by atoms with Crippen LogP contribution in [0, 0.1) is 0 Å². The fourth-order valence-corrected chi connectivity index (χ4v) is 12.5. The van der Waals surface area contributed by atoms with Crippen molar-refractivity contribution in [3.8, 4) is 5.69 Å². The molecular weight excluding hydrogens is 527 g/mol. The molecule has 8 heteroatoms. The van der Waals surface area contributed by atoms with E-state index in [0.717, 1.165) is 0 Å². The minimum Gasteiger partial charge on any atom is -0.322 e. The van der Waals surface area contributed by atoms with Crippen LogP contribution in [0.1, 0.15) is 47.5 Å². The molecule has 0 atom stereocenters. The molecule has 3 heterocycles. The lowest BCUT2D eigenvalue weighted by molar-refractivity contribution is 0.803. The molecule has 0 bridgehead atoms. The van der Waals surface area contributed by atoms with Crippen molar-refractivity contribution < 1.29 is 0 Å². The Bertz CT molecular complexity index is 964. The quantitative estimate of drug-likeness (QED) is 0.295. The van der Waals surface area contributed by atoms with Crippen LogP contribution in [0.4, 0.5) is 0 Å². The van der Waals surface area contributed by atoms with Crippen LogP contribution >= 0.6 is 82.3 Å². The maximum absolute atomic E-state index is 2.30. The van der Waals surface area contributed by atoms with Crippen LogP contribution in [0.2, 0.25) is 0 Å². The highest BCUT2D eigenvalue weighted by molar-refractivity contribution is 8.42. The van der Waals surface area contributed by atoms with Gasteiger partial charge < -0.3 is 4.57 Å². The highest BCUT2D eigenvalue weighted by Gasteiger charge is 2.30. The van der Waals surface area contributed by atoms with E-state index in [9.17, 15) is 0 Å². The zero-order chi connectivity index (χ0) is 22.7. The topological polar surface area (TPSA) is 4.93 Å². The van der Waals surface area contributed by atoms with Crippen molar-refractivity contribution >= 4 is 82.3 Å². The molecular formula is C24H29NS7. The molecule has 0 N–H and O–H groups in total. The van der Waals surface area contributed by atoms with Crippen LogP contribution in [-0.4, -0.2) is 20.8 Å². The zero-order valence-corrected chi connectivity index (χ0v) is 24.8. The maximum Gasteiger partial charge on any atom is 0.0717 e. The highest BCUT2D eigenvalue weighted by atomic mass is 32.3. The molecule has 0 radical (unpaired) electrons. The summed E-state index contributed by atoms with van der Waals surface area (Å²) >= 11 is 13.9. The second-order valence-electron chi connectivity index (χ2n) is 8.36. The third kappa shape index (κ3) is 6.55. The normalized spacial score (nSPS) is 16.4. The molecule has 0 spiro atoms. The van der Waals surface area contributed by atoms with E-state index < -0.39 is 0 Å². The van der Waals surface area contributed by atoms with Crippen LogP contribution in [0.3, 0.4) is 0 Å². The van der Waals surface area contributed by atoms with E-state index in [1.54, 1.807) is 0 Å². The van der Waals surface area contributed by atoms with Crippen LogP contribution in [0.5, 0.6) is 0 Å². The summed E-state index contributed by atoms with van der Waals surface area (Å²) in [5, 5.41) is 0. The number of nitrogens with zero attached hydrogens (tertiary/aromatic N) is 1. The van der Waals surface area contributed by atoms with Crippen molar-refractivity contribution in [3.05, 3.63) is 53.6 Å². The molecule has 1 nitrogen and oxygen atoms in total. The molecule has 0 unspecified atom stereocenters. The summed E-state index contributed by atoms with van der Waals surface area (Å²) in [5.74, 6) is 2.42. The predicted octanol–water partition coefficient (Wildman–Crippen LogP) is 10.6. The van der Waals surface area contributed by atoms with Gasteiger partial charge in [0.1, 0.15) is 0 Å². The summed E-state index contributed by atoms with van der Waals surface area (Å²) in [7, 11) is 0. The number of thioether (sulfide) groups is 7. The predicted molar refractivity (Wildman–Crippen MR) is 158 cm³/mol. The third-order valence-electron chi connectivity index (χ3n) is 4.30. The van der Waals surface area contributed by atoms with Crippen LogP contribution < -0.4 is 0 Å². The van der Waals surface area contributed by atoms with Crippen molar-refractivity contribution in [2.75, 3.05) is 11.5 Å². The SMILES string of the molecule is CCCSC1=C(SCCC)SC(=C2Sc3cn(-c4ccc(SC(C)(C)C)cc4)cc3S2)S1.